The Balaban J connectivity index is 1.43. The molecule has 3 aromatic rings. The van der Waals surface area contributed by atoms with Crippen LogP contribution < -0.4 is 14.2 Å². The highest BCUT2D eigenvalue weighted by Crippen LogP contribution is 2.35. The maximum Gasteiger partial charge on any atom is 0.226 e. The molecule has 0 bridgehead atoms. The SMILES string of the molecule is CCOc1ccccc1CC(=O)Cc1coc(-c2ccc(OC)c(OCC3CC3)c2)n1. The van der Waals surface area contributed by atoms with E-state index >= 15 is 0 Å². The zero-order valence-electron chi connectivity index (χ0n) is 17.9. The zero-order valence-corrected chi connectivity index (χ0v) is 17.9. The fourth-order valence-electron chi connectivity index (χ4n) is 3.36. The molecule has 0 saturated heterocycles. The molecule has 31 heavy (non-hydrogen) atoms. The van der Waals surface area contributed by atoms with Gasteiger partial charge in [0.1, 0.15) is 17.8 Å². The predicted molar refractivity (Wildman–Crippen MR) is 117 cm³/mol. The van der Waals surface area contributed by atoms with Crippen LogP contribution in [0.25, 0.3) is 11.5 Å². The number of methoxy groups -OCH3 is 1. The van der Waals surface area contributed by atoms with Gasteiger partial charge in [-0.1, -0.05) is 18.2 Å². The number of ketones is 1. The van der Waals surface area contributed by atoms with Gasteiger partial charge < -0.3 is 18.6 Å². The third-order valence-corrected chi connectivity index (χ3v) is 5.17. The highest BCUT2D eigenvalue weighted by atomic mass is 16.5. The fourth-order valence-corrected chi connectivity index (χ4v) is 3.36. The number of hydrogen-bond acceptors (Lipinski definition) is 6. The lowest BCUT2D eigenvalue weighted by Crippen LogP contribution is -2.08. The van der Waals surface area contributed by atoms with E-state index in [2.05, 4.69) is 4.98 Å². The van der Waals surface area contributed by atoms with Crippen molar-refractivity contribution in [3.8, 4) is 28.7 Å². The first-order chi connectivity index (χ1) is 15.2. The molecule has 0 N–H and O–H groups in total. The minimum Gasteiger partial charge on any atom is -0.494 e. The van der Waals surface area contributed by atoms with Crippen molar-refractivity contribution in [3.63, 3.8) is 0 Å². The van der Waals surface area contributed by atoms with E-state index in [1.54, 1.807) is 7.11 Å². The summed E-state index contributed by atoms with van der Waals surface area (Å²) in [6.45, 7) is 3.18. The molecule has 1 heterocycles. The molecule has 2 aromatic carbocycles. The van der Waals surface area contributed by atoms with Gasteiger partial charge in [-0.05, 0) is 49.9 Å². The predicted octanol–water partition coefficient (Wildman–Crippen LogP) is 4.89. The Morgan fingerprint density at radius 3 is 2.68 bits per heavy atom. The topological polar surface area (TPSA) is 70.8 Å². The average Bonchev–Trinajstić information content (AvgIpc) is 3.50. The second-order valence-corrected chi connectivity index (χ2v) is 7.70. The maximum atomic E-state index is 12.6. The van der Waals surface area contributed by atoms with Crippen LogP contribution in [0.2, 0.25) is 0 Å². The van der Waals surface area contributed by atoms with Gasteiger partial charge in [0, 0.05) is 17.5 Å². The Labute approximate surface area is 182 Å². The molecule has 0 aliphatic heterocycles. The number of aromatic nitrogens is 1. The van der Waals surface area contributed by atoms with Gasteiger partial charge >= 0.3 is 0 Å². The summed E-state index contributed by atoms with van der Waals surface area (Å²) in [5, 5.41) is 0. The van der Waals surface area contributed by atoms with Crippen LogP contribution in [0.5, 0.6) is 17.2 Å². The molecule has 1 aliphatic carbocycles. The third kappa shape index (κ3) is 5.45. The Morgan fingerprint density at radius 2 is 1.90 bits per heavy atom. The lowest BCUT2D eigenvalue weighted by molar-refractivity contribution is -0.117. The minimum atomic E-state index is 0.0511. The molecule has 1 fully saturated rings. The minimum absolute atomic E-state index is 0.0511. The van der Waals surface area contributed by atoms with Crippen LogP contribution in [0.1, 0.15) is 31.0 Å². The molecule has 162 valence electrons. The van der Waals surface area contributed by atoms with Crippen molar-refractivity contribution in [2.24, 2.45) is 5.92 Å². The van der Waals surface area contributed by atoms with E-state index in [9.17, 15) is 4.79 Å². The quantitative estimate of drug-likeness (QED) is 0.439. The van der Waals surface area contributed by atoms with E-state index in [1.165, 1.54) is 19.1 Å². The van der Waals surface area contributed by atoms with Gasteiger partial charge in [0.05, 0.1) is 32.4 Å². The molecule has 0 unspecified atom stereocenters. The van der Waals surface area contributed by atoms with Crippen LogP contribution in [0.4, 0.5) is 0 Å². The summed E-state index contributed by atoms with van der Waals surface area (Å²) in [5.41, 5.74) is 2.27. The Bertz CT molecular complexity index is 1040. The molecule has 0 amide bonds. The number of carbonyl (C=O) groups excluding carboxylic acids is 1. The van der Waals surface area contributed by atoms with Crippen molar-refractivity contribution < 1.29 is 23.4 Å². The summed E-state index contributed by atoms with van der Waals surface area (Å²) < 4.78 is 22.6. The number of para-hydroxylation sites is 1. The smallest absolute Gasteiger partial charge is 0.226 e. The summed E-state index contributed by atoms with van der Waals surface area (Å²) in [6, 6.07) is 13.2. The van der Waals surface area contributed by atoms with E-state index in [-0.39, 0.29) is 12.2 Å². The Kier molecular flexibility index (Phi) is 6.55. The standard InChI is InChI=1S/C25H27NO5/c1-3-29-22-7-5-4-6-18(22)12-21(27)14-20-16-31-25(26-20)19-10-11-23(28-2)24(13-19)30-15-17-8-9-17/h4-7,10-11,13,16-17H,3,8-9,12,14-15H2,1-2H3. The van der Waals surface area contributed by atoms with Crippen LogP contribution >= 0.6 is 0 Å². The number of rotatable bonds is 11. The van der Waals surface area contributed by atoms with Crippen LogP contribution in [0.3, 0.4) is 0 Å². The molecule has 1 saturated carbocycles. The van der Waals surface area contributed by atoms with Gasteiger partial charge in [-0.2, -0.15) is 0 Å². The first-order valence-corrected chi connectivity index (χ1v) is 10.6. The number of hydrogen-bond donors (Lipinski definition) is 0. The lowest BCUT2D eigenvalue weighted by atomic mass is 10.1. The van der Waals surface area contributed by atoms with Gasteiger partial charge in [-0.15, -0.1) is 0 Å². The summed E-state index contributed by atoms with van der Waals surface area (Å²) in [6.07, 6.45) is 4.46. The van der Waals surface area contributed by atoms with Crippen LogP contribution in [-0.4, -0.2) is 31.1 Å². The van der Waals surface area contributed by atoms with E-state index in [1.807, 2.05) is 49.4 Å². The van der Waals surface area contributed by atoms with E-state index in [0.29, 0.717) is 48.6 Å². The van der Waals surface area contributed by atoms with Gasteiger partial charge in [0.2, 0.25) is 5.89 Å². The van der Waals surface area contributed by atoms with Gasteiger partial charge in [-0.25, -0.2) is 4.98 Å². The first kappa shape index (κ1) is 21.0. The number of benzene rings is 2. The molecular weight excluding hydrogens is 394 g/mol. The summed E-state index contributed by atoms with van der Waals surface area (Å²) in [7, 11) is 1.62. The zero-order chi connectivity index (χ0) is 21.6. The summed E-state index contributed by atoms with van der Waals surface area (Å²) >= 11 is 0. The molecule has 6 nitrogen and oxygen atoms in total. The largest absolute Gasteiger partial charge is 0.494 e. The molecule has 4 rings (SSSR count). The Hall–Kier alpha value is -3.28. The fraction of sp³-hybridized carbons (Fsp3) is 0.360. The second-order valence-electron chi connectivity index (χ2n) is 7.70. The van der Waals surface area contributed by atoms with E-state index < -0.39 is 0 Å². The molecular formula is C25H27NO5. The molecule has 1 aliphatic rings. The first-order valence-electron chi connectivity index (χ1n) is 10.6. The number of carbonyl (C=O) groups is 1. The normalized spacial score (nSPS) is 13.1. The average molecular weight is 421 g/mol. The van der Waals surface area contributed by atoms with Crippen LogP contribution in [0.15, 0.2) is 53.1 Å². The van der Waals surface area contributed by atoms with Crippen molar-refractivity contribution in [1.29, 1.82) is 0 Å². The maximum absolute atomic E-state index is 12.6. The van der Waals surface area contributed by atoms with Crippen molar-refractivity contribution in [2.45, 2.75) is 32.6 Å². The molecule has 1 aromatic heterocycles. The van der Waals surface area contributed by atoms with Gasteiger partial charge in [0.15, 0.2) is 11.5 Å². The molecule has 0 radical (unpaired) electrons. The van der Waals surface area contributed by atoms with E-state index in [4.69, 9.17) is 18.6 Å². The monoisotopic (exact) mass is 421 g/mol. The van der Waals surface area contributed by atoms with Gasteiger partial charge in [0.25, 0.3) is 0 Å². The van der Waals surface area contributed by atoms with Gasteiger partial charge in [-0.3, -0.25) is 4.79 Å². The van der Waals surface area contributed by atoms with Crippen LogP contribution in [-0.2, 0) is 17.6 Å². The van der Waals surface area contributed by atoms with Crippen molar-refractivity contribution in [3.05, 3.63) is 60.0 Å². The molecule has 6 heteroatoms. The molecule has 0 atom stereocenters. The number of ether oxygens (including phenoxy) is 3. The second kappa shape index (κ2) is 9.69. The highest BCUT2D eigenvalue weighted by Gasteiger charge is 2.23. The number of nitrogens with zero attached hydrogens (tertiary/aromatic N) is 1. The number of Topliss-reactive ketones (excluding diaryl/α,β-unsaturated/α-hetero) is 1. The van der Waals surface area contributed by atoms with Crippen molar-refractivity contribution in [1.82, 2.24) is 4.98 Å². The number of oxazole rings is 1. The third-order valence-electron chi connectivity index (χ3n) is 5.17. The summed E-state index contributed by atoms with van der Waals surface area (Å²) in [5.74, 6) is 3.25. The molecule has 0 spiro atoms. The Morgan fingerprint density at radius 1 is 1.06 bits per heavy atom. The van der Waals surface area contributed by atoms with Crippen LogP contribution in [0, 0.1) is 5.92 Å². The summed E-state index contributed by atoms with van der Waals surface area (Å²) in [4.78, 5) is 17.1. The van der Waals surface area contributed by atoms with Crippen molar-refractivity contribution >= 4 is 5.78 Å². The van der Waals surface area contributed by atoms with Crippen molar-refractivity contribution in [2.75, 3.05) is 20.3 Å². The lowest BCUT2D eigenvalue weighted by Gasteiger charge is -2.11. The highest BCUT2D eigenvalue weighted by molar-refractivity contribution is 5.83. The van der Waals surface area contributed by atoms with E-state index in [0.717, 1.165) is 16.9 Å².